The fraction of sp³-hybridized carbons (Fsp3) is 0.222. The van der Waals surface area contributed by atoms with Crippen LogP contribution < -0.4 is 10.0 Å². The second kappa shape index (κ2) is 7.10. The van der Waals surface area contributed by atoms with Gasteiger partial charge >= 0.3 is 0 Å². The molecule has 1 aliphatic rings. The van der Waals surface area contributed by atoms with Gasteiger partial charge in [-0.2, -0.15) is 0 Å². The van der Waals surface area contributed by atoms with E-state index in [-0.39, 0.29) is 16.8 Å². The number of sulfonamides is 1. The summed E-state index contributed by atoms with van der Waals surface area (Å²) in [7, 11) is -3.64. The smallest absolute Gasteiger partial charge is 0.255 e. The van der Waals surface area contributed by atoms with Crippen molar-refractivity contribution in [1.82, 2.24) is 14.7 Å². The molecule has 3 N–H and O–H groups in total. The van der Waals surface area contributed by atoms with E-state index in [0.29, 0.717) is 30.9 Å². The zero-order valence-corrected chi connectivity index (χ0v) is 15.1. The van der Waals surface area contributed by atoms with Crippen molar-refractivity contribution < 1.29 is 17.9 Å². The van der Waals surface area contributed by atoms with E-state index in [2.05, 4.69) is 20.0 Å². The third-order valence-corrected chi connectivity index (χ3v) is 5.89. The maximum atomic E-state index is 12.4. The summed E-state index contributed by atoms with van der Waals surface area (Å²) in [5.74, 6) is -0.324. The number of H-pyrrole nitrogens is 1. The van der Waals surface area contributed by atoms with E-state index < -0.39 is 10.0 Å². The quantitative estimate of drug-likeness (QED) is 0.620. The topological polar surface area (TPSA) is 113 Å². The van der Waals surface area contributed by atoms with Gasteiger partial charge in [-0.15, -0.1) is 0 Å². The lowest BCUT2D eigenvalue weighted by Gasteiger charge is -2.12. The van der Waals surface area contributed by atoms with Gasteiger partial charge in [0.1, 0.15) is 0 Å². The highest BCUT2D eigenvalue weighted by atomic mass is 32.2. The number of carbonyl (C=O) groups is 1. The molecule has 1 aromatic heterocycles. The monoisotopic (exact) mass is 386 g/mol. The molecule has 1 aliphatic heterocycles. The predicted molar refractivity (Wildman–Crippen MR) is 100 cm³/mol. The van der Waals surface area contributed by atoms with E-state index >= 15 is 0 Å². The summed E-state index contributed by atoms with van der Waals surface area (Å²) in [6, 6.07) is 11.0. The van der Waals surface area contributed by atoms with Crippen LogP contribution in [0.3, 0.4) is 0 Å². The molecule has 1 fully saturated rings. The predicted octanol–water partition coefficient (Wildman–Crippen LogP) is 1.88. The fourth-order valence-corrected chi connectivity index (χ4v) is 4.17. The molecular formula is C18H18N4O4S. The molecule has 27 heavy (non-hydrogen) atoms. The Hall–Kier alpha value is -2.75. The Labute approximate surface area is 156 Å². The van der Waals surface area contributed by atoms with E-state index in [9.17, 15) is 13.2 Å². The number of carbonyl (C=O) groups excluding carboxylic acids is 1. The molecule has 0 radical (unpaired) electrons. The van der Waals surface area contributed by atoms with Crippen molar-refractivity contribution >= 4 is 32.7 Å². The highest BCUT2D eigenvalue weighted by Gasteiger charge is 2.23. The van der Waals surface area contributed by atoms with Crippen molar-refractivity contribution in [2.24, 2.45) is 0 Å². The second-order valence-electron chi connectivity index (χ2n) is 6.29. The lowest BCUT2D eigenvalue weighted by molar-refractivity contribution is 0.102. The standard InChI is InChI=1S/C18H18N4O4S/c23-18(21-13-3-6-16-17(9-13)20-11-19-16)12-1-4-15(5-2-12)27(24,25)22-14-7-8-26-10-14/h1-6,9,11,14,22H,7-8,10H2,(H,19,20)(H,21,23). The fourth-order valence-electron chi connectivity index (χ4n) is 2.92. The number of hydrogen-bond acceptors (Lipinski definition) is 5. The first-order chi connectivity index (χ1) is 13.0. The molecule has 9 heteroatoms. The third kappa shape index (κ3) is 3.85. The minimum Gasteiger partial charge on any atom is -0.380 e. The van der Waals surface area contributed by atoms with Crippen molar-refractivity contribution in [3.8, 4) is 0 Å². The molecular weight excluding hydrogens is 368 g/mol. The Kier molecular flexibility index (Phi) is 4.65. The first kappa shape index (κ1) is 17.7. The van der Waals surface area contributed by atoms with Crippen molar-refractivity contribution in [2.75, 3.05) is 18.5 Å². The van der Waals surface area contributed by atoms with Crippen LogP contribution in [0, 0.1) is 0 Å². The second-order valence-corrected chi connectivity index (χ2v) is 8.01. The van der Waals surface area contributed by atoms with Gasteiger partial charge in [-0.25, -0.2) is 18.1 Å². The number of nitrogens with zero attached hydrogens (tertiary/aromatic N) is 1. The van der Waals surface area contributed by atoms with Gasteiger partial charge in [-0.3, -0.25) is 4.79 Å². The van der Waals surface area contributed by atoms with Crippen LogP contribution in [0.1, 0.15) is 16.8 Å². The van der Waals surface area contributed by atoms with E-state index in [1.54, 1.807) is 24.5 Å². The molecule has 1 saturated heterocycles. The molecule has 8 nitrogen and oxygen atoms in total. The highest BCUT2D eigenvalue weighted by molar-refractivity contribution is 7.89. The summed E-state index contributed by atoms with van der Waals surface area (Å²) in [5.41, 5.74) is 2.61. The summed E-state index contributed by atoms with van der Waals surface area (Å²) in [6.07, 6.45) is 2.24. The number of aromatic amines is 1. The minimum atomic E-state index is -3.64. The lowest BCUT2D eigenvalue weighted by atomic mass is 10.2. The van der Waals surface area contributed by atoms with Crippen LogP contribution in [-0.4, -0.2) is 43.5 Å². The van der Waals surface area contributed by atoms with Crippen molar-refractivity contribution in [3.05, 3.63) is 54.4 Å². The van der Waals surface area contributed by atoms with E-state index in [1.807, 2.05) is 0 Å². The summed E-state index contributed by atoms with van der Waals surface area (Å²) < 4.78 is 32.6. The Morgan fingerprint density at radius 2 is 2.00 bits per heavy atom. The number of benzene rings is 2. The Morgan fingerprint density at radius 1 is 1.19 bits per heavy atom. The van der Waals surface area contributed by atoms with Gasteiger partial charge in [-0.05, 0) is 48.9 Å². The molecule has 1 unspecified atom stereocenters. The Balaban J connectivity index is 1.46. The van der Waals surface area contributed by atoms with Crippen molar-refractivity contribution in [1.29, 1.82) is 0 Å². The van der Waals surface area contributed by atoms with Gasteiger partial charge in [0.2, 0.25) is 10.0 Å². The number of fused-ring (bicyclic) bond motifs is 1. The molecule has 0 aliphatic carbocycles. The molecule has 0 bridgehead atoms. The molecule has 0 spiro atoms. The SMILES string of the molecule is O=C(Nc1ccc2nc[nH]c2c1)c1ccc(S(=O)(=O)NC2CCOC2)cc1. The molecule has 0 saturated carbocycles. The minimum absolute atomic E-state index is 0.116. The van der Waals surface area contributed by atoms with Gasteiger partial charge in [0, 0.05) is 23.9 Å². The number of hydrogen-bond donors (Lipinski definition) is 3. The highest BCUT2D eigenvalue weighted by Crippen LogP contribution is 2.18. The van der Waals surface area contributed by atoms with Crippen molar-refractivity contribution in [3.63, 3.8) is 0 Å². The van der Waals surface area contributed by atoms with Crippen LogP contribution in [0.2, 0.25) is 0 Å². The van der Waals surface area contributed by atoms with E-state index in [4.69, 9.17) is 4.74 Å². The number of anilines is 1. The molecule has 3 aromatic rings. The Bertz CT molecular complexity index is 1070. The number of aromatic nitrogens is 2. The van der Waals surface area contributed by atoms with Crippen LogP contribution in [0.5, 0.6) is 0 Å². The summed E-state index contributed by atoms with van der Waals surface area (Å²) in [6.45, 7) is 0.928. The normalized spacial score (nSPS) is 17.3. The van der Waals surface area contributed by atoms with Crippen LogP contribution in [-0.2, 0) is 14.8 Å². The first-order valence-corrected chi connectivity index (χ1v) is 9.94. The van der Waals surface area contributed by atoms with Gasteiger partial charge < -0.3 is 15.0 Å². The number of nitrogens with one attached hydrogen (secondary N) is 3. The zero-order chi connectivity index (χ0) is 18.9. The van der Waals surface area contributed by atoms with Crippen LogP contribution in [0.15, 0.2) is 53.7 Å². The molecule has 4 rings (SSSR count). The van der Waals surface area contributed by atoms with E-state index in [0.717, 1.165) is 11.0 Å². The van der Waals surface area contributed by atoms with Gasteiger partial charge in [-0.1, -0.05) is 0 Å². The van der Waals surface area contributed by atoms with Gasteiger partial charge in [0.15, 0.2) is 0 Å². The summed E-state index contributed by atoms with van der Waals surface area (Å²) in [4.78, 5) is 19.6. The number of rotatable bonds is 5. The average Bonchev–Trinajstić information content (AvgIpc) is 3.32. The van der Waals surface area contributed by atoms with Gasteiger partial charge in [0.25, 0.3) is 5.91 Å². The van der Waals surface area contributed by atoms with Crippen LogP contribution in [0.4, 0.5) is 5.69 Å². The number of amides is 1. The van der Waals surface area contributed by atoms with Crippen LogP contribution >= 0.6 is 0 Å². The van der Waals surface area contributed by atoms with E-state index in [1.165, 1.54) is 24.3 Å². The summed E-state index contributed by atoms with van der Waals surface area (Å²) in [5, 5.41) is 2.79. The zero-order valence-electron chi connectivity index (χ0n) is 14.3. The van der Waals surface area contributed by atoms with Gasteiger partial charge in [0.05, 0.1) is 28.9 Å². The third-order valence-electron chi connectivity index (χ3n) is 4.36. The summed E-state index contributed by atoms with van der Waals surface area (Å²) >= 11 is 0. The maximum Gasteiger partial charge on any atom is 0.255 e. The largest absolute Gasteiger partial charge is 0.380 e. The molecule has 2 aromatic carbocycles. The number of imidazole rings is 1. The molecule has 1 atom stereocenters. The Morgan fingerprint density at radius 3 is 2.74 bits per heavy atom. The lowest BCUT2D eigenvalue weighted by Crippen LogP contribution is -2.35. The van der Waals surface area contributed by atoms with Crippen molar-refractivity contribution in [2.45, 2.75) is 17.4 Å². The molecule has 140 valence electrons. The molecule has 1 amide bonds. The first-order valence-electron chi connectivity index (χ1n) is 8.46. The average molecular weight is 386 g/mol. The molecule has 2 heterocycles. The maximum absolute atomic E-state index is 12.4. The van der Waals surface area contributed by atoms with Crippen LogP contribution in [0.25, 0.3) is 11.0 Å². The number of ether oxygens (including phenoxy) is 1.